The number of rotatable bonds is 5. The molecule has 2 N–H and O–H groups in total. The van der Waals surface area contributed by atoms with Crippen LogP contribution in [-0.4, -0.2) is 29.4 Å². The van der Waals surface area contributed by atoms with Gasteiger partial charge in [0.2, 0.25) is 5.91 Å². The minimum Gasteiger partial charge on any atom is -0.368 e. The summed E-state index contributed by atoms with van der Waals surface area (Å²) in [6, 6.07) is 0.201. The number of nitrogens with two attached hydrogens (primary N) is 1. The van der Waals surface area contributed by atoms with Crippen molar-refractivity contribution >= 4 is 5.91 Å². The zero-order chi connectivity index (χ0) is 10.6. The summed E-state index contributed by atoms with van der Waals surface area (Å²) in [5.41, 5.74) is 5.27. The lowest BCUT2D eigenvalue weighted by atomic mass is 10.1. The highest BCUT2D eigenvalue weighted by molar-refractivity contribution is 5.79. The minimum atomic E-state index is -0.241. The summed E-state index contributed by atoms with van der Waals surface area (Å²) in [5.74, 6) is 0.318. The zero-order valence-corrected chi connectivity index (χ0v) is 9.37. The lowest BCUT2D eigenvalue weighted by Gasteiger charge is -2.32. The SMILES string of the molecule is CC(C)CN(C(C)C)C(C)C(N)=O. The molecule has 0 aliphatic carbocycles. The van der Waals surface area contributed by atoms with Gasteiger partial charge in [0, 0.05) is 12.6 Å². The highest BCUT2D eigenvalue weighted by Crippen LogP contribution is 2.08. The molecule has 0 aromatic heterocycles. The van der Waals surface area contributed by atoms with Crippen molar-refractivity contribution in [2.75, 3.05) is 6.54 Å². The molecule has 0 aromatic rings. The van der Waals surface area contributed by atoms with Crippen LogP contribution < -0.4 is 5.73 Å². The van der Waals surface area contributed by atoms with Crippen molar-refractivity contribution in [3.8, 4) is 0 Å². The fourth-order valence-electron chi connectivity index (χ4n) is 1.40. The van der Waals surface area contributed by atoms with Crippen molar-refractivity contribution in [3.63, 3.8) is 0 Å². The van der Waals surface area contributed by atoms with Crippen molar-refractivity contribution in [2.24, 2.45) is 11.7 Å². The minimum absolute atomic E-state index is 0.164. The van der Waals surface area contributed by atoms with Crippen LogP contribution in [0.5, 0.6) is 0 Å². The van der Waals surface area contributed by atoms with Gasteiger partial charge in [0.15, 0.2) is 0 Å². The van der Waals surface area contributed by atoms with Gasteiger partial charge in [0.05, 0.1) is 6.04 Å². The molecule has 0 rings (SSSR count). The quantitative estimate of drug-likeness (QED) is 0.702. The predicted octanol–water partition coefficient (Wildman–Crippen LogP) is 1.23. The van der Waals surface area contributed by atoms with Crippen LogP contribution in [0.2, 0.25) is 0 Å². The molecule has 0 heterocycles. The van der Waals surface area contributed by atoms with Gasteiger partial charge >= 0.3 is 0 Å². The molecule has 78 valence electrons. The van der Waals surface area contributed by atoms with Crippen LogP contribution in [0, 0.1) is 5.92 Å². The van der Waals surface area contributed by atoms with Crippen LogP contribution in [-0.2, 0) is 4.79 Å². The Morgan fingerprint density at radius 1 is 1.23 bits per heavy atom. The van der Waals surface area contributed by atoms with E-state index in [1.54, 1.807) is 0 Å². The first-order valence-electron chi connectivity index (χ1n) is 4.91. The summed E-state index contributed by atoms with van der Waals surface area (Å²) in [7, 11) is 0. The molecule has 1 unspecified atom stereocenters. The van der Waals surface area contributed by atoms with E-state index in [1.807, 2.05) is 6.92 Å². The number of primary amides is 1. The molecule has 3 heteroatoms. The van der Waals surface area contributed by atoms with Crippen molar-refractivity contribution in [1.29, 1.82) is 0 Å². The molecule has 0 bridgehead atoms. The monoisotopic (exact) mass is 186 g/mol. The smallest absolute Gasteiger partial charge is 0.234 e. The number of nitrogens with zero attached hydrogens (tertiary/aromatic N) is 1. The average molecular weight is 186 g/mol. The van der Waals surface area contributed by atoms with Crippen molar-refractivity contribution in [3.05, 3.63) is 0 Å². The summed E-state index contributed by atoms with van der Waals surface area (Å²) >= 11 is 0. The largest absolute Gasteiger partial charge is 0.368 e. The lowest BCUT2D eigenvalue weighted by molar-refractivity contribution is -0.123. The molecule has 0 aromatic carbocycles. The molecule has 0 fully saturated rings. The third-order valence-corrected chi connectivity index (χ3v) is 2.15. The number of carbonyl (C=O) groups is 1. The third kappa shape index (κ3) is 4.27. The first-order valence-corrected chi connectivity index (χ1v) is 4.91. The highest BCUT2D eigenvalue weighted by atomic mass is 16.1. The van der Waals surface area contributed by atoms with E-state index < -0.39 is 0 Å². The fourth-order valence-corrected chi connectivity index (χ4v) is 1.40. The van der Waals surface area contributed by atoms with E-state index in [9.17, 15) is 4.79 Å². The van der Waals surface area contributed by atoms with Gasteiger partial charge in [-0.2, -0.15) is 0 Å². The lowest BCUT2D eigenvalue weighted by Crippen LogP contribution is -2.47. The fraction of sp³-hybridized carbons (Fsp3) is 0.900. The van der Waals surface area contributed by atoms with Crippen LogP contribution in [0.1, 0.15) is 34.6 Å². The van der Waals surface area contributed by atoms with E-state index in [0.29, 0.717) is 12.0 Å². The van der Waals surface area contributed by atoms with E-state index in [2.05, 4.69) is 32.6 Å². The molecule has 0 aliphatic rings. The molecule has 0 spiro atoms. The van der Waals surface area contributed by atoms with E-state index in [-0.39, 0.29) is 11.9 Å². The first-order chi connectivity index (χ1) is 5.86. The van der Waals surface area contributed by atoms with E-state index >= 15 is 0 Å². The second-order valence-corrected chi connectivity index (χ2v) is 4.26. The van der Waals surface area contributed by atoms with Gasteiger partial charge in [-0.15, -0.1) is 0 Å². The van der Waals surface area contributed by atoms with Crippen LogP contribution in [0.4, 0.5) is 0 Å². The summed E-state index contributed by atoms with van der Waals surface area (Å²) in [5, 5.41) is 0. The van der Waals surface area contributed by atoms with E-state index in [0.717, 1.165) is 6.54 Å². The summed E-state index contributed by atoms with van der Waals surface area (Å²) < 4.78 is 0. The highest BCUT2D eigenvalue weighted by Gasteiger charge is 2.21. The van der Waals surface area contributed by atoms with E-state index in [1.165, 1.54) is 0 Å². The Morgan fingerprint density at radius 3 is 1.92 bits per heavy atom. The molecule has 0 radical (unpaired) electrons. The molecule has 0 aliphatic heterocycles. The standard InChI is InChI=1S/C10H22N2O/c1-7(2)6-12(8(3)4)9(5)10(11)13/h7-9H,6H2,1-5H3,(H2,11,13). The Kier molecular flexibility index (Phi) is 4.99. The summed E-state index contributed by atoms with van der Waals surface area (Å²) in [4.78, 5) is 13.1. The number of hydrogen-bond acceptors (Lipinski definition) is 2. The van der Waals surface area contributed by atoms with Gasteiger partial charge < -0.3 is 5.73 Å². The average Bonchev–Trinajstić information content (AvgIpc) is 1.97. The van der Waals surface area contributed by atoms with Gasteiger partial charge in [-0.05, 0) is 26.7 Å². The Hall–Kier alpha value is -0.570. The molecular formula is C10H22N2O. The maximum absolute atomic E-state index is 11.0. The molecule has 1 amide bonds. The number of carbonyl (C=O) groups excluding carboxylic acids is 1. The normalized spacial score (nSPS) is 14.2. The van der Waals surface area contributed by atoms with Crippen LogP contribution in [0.25, 0.3) is 0 Å². The Balaban J connectivity index is 4.32. The van der Waals surface area contributed by atoms with Gasteiger partial charge in [0.25, 0.3) is 0 Å². The molecule has 3 nitrogen and oxygen atoms in total. The summed E-state index contributed by atoms with van der Waals surface area (Å²) in [6.07, 6.45) is 0. The molecular weight excluding hydrogens is 164 g/mol. The number of amides is 1. The van der Waals surface area contributed by atoms with Crippen molar-refractivity contribution < 1.29 is 4.79 Å². The molecule has 1 atom stereocenters. The molecule has 0 saturated heterocycles. The second-order valence-electron chi connectivity index (χ2n) is 4.26. The van der Waals surface area contributed by atoms with Gasteiger partial charge in [0.1, 0.15) is 0 Å². The third-order valence-electron chi connectivity index (χ3n) is 2.15. The Labute approximate surface area is 81.3 Å². The zero-order valence-electron chi connectivity index (χ0n) is 9.37. The van der Waals surface area contributed by atoms with Crippen LogP contribution in [0.15, 0.2) is 0 Å². The Morgan fingerprint density at radius 2 is 1.69 bits per heavy atom. The van der Waals surface area contributed by atoms with Gasteiger partial charge in [-0.1, -0.05) is 13.8 Å². The maximum Gasteiger partial charge on any atom is 0.234 e. The van der Waals surface area contributed by atoms with Crippen LogP contribution >= 0.6 is 0 Å². The predicted molar refractivity (Wildman–Crippen MR) is 55.3 cm³/mol. The van der Waals surface area contributed by atoms with Gasteiger partial charge in [-0.3, -0.25) is 9.69 Å². The molecule has 13 heavy (non-hydrogen) atoms. The van der Waals surface area contributed by atoms with Crippen molar-refractivity contribution in [1.82, 2.24) is 4.90 Å². The first kappa shape index (κ1) is 12.4. The number of hydrogen-bond donors (Lipinski definition) is 1. The van der Waals surface area contributed by atoms with Gasteiger partial charge in [-0.25, -0.2) is 0 Å². The second kappa shape index (κ2) is 5.22. The topological polar surface area (TPSA) is 46.3 Å². The summed E-state index contributed by atoms with van der Waals surface area (Å²) in [6.45, 7) is 11.2. The Bertz CT molecular complexity index is 166. The van der Waals surface area contributed by atoms with E-state index in [4.69, 9.17) is 5.73 Å². The maximum atomic E-state index is 11.0. The van der Waals surface area contributed by atoms with Crippen molar-refractivity contribution in [2.45, 2.75) is 46.7 Å². The van der Waals surface area contributed by atoms with Crippen LogP contribution in [0.3, 0.4) is 0 Å². The molecule has 0 saturated carbocycles.